The lowest BCUT2D eigenvalue weighted by Gasteiger charge is -2.43. The Morgan fingerprint density at radius 3 is 2.32 bits per heavy atom. The van der Waals surface area contributed by atoms with Crippen molar-refractivity contribution >= 4 is 27.3 Å². The third-order valence-electron chi connectivity index (χ3n) is 6.92. The Labute approximate surface area is 224 Å². The largest absolute Gasteiger partial charge is 0.495 e. The van der Waals surface area contributed by atoms with Gasteiger partial charge in [0.2, 0.25) is 10.0 Å². The highest BCUT2D eigenvalue weighted by molar-refractivity contribution is 7.89. The maximum Gasteiger partial charge on any atom is 0.422 e. The molecule has 7 nitrogen and oxygen atoms in total. The minimum absolute atomic E-state index is 0.00474. The summed E-state index contributed by atoms with van der Waals surface area (Å²) in [6.07, 6.45) is -1.58. The Balaban J connectivity index is 1.31. The van der Waals surface area contributed by atoms with Gasteiger partial charge in [0.1, 0.15) is 22.2 Å². The number of alkyl halides is 3. The van der Waals surface area contributed by atoms with Crippen LogP contribution in [0.1, 0.15) is 25.7 Å². The molecule has 1 heterocycles. The number of methoxy groups -OCH3 is 1. The maximum absolute atomic E-state index is 13.7. The van der Waals surface area contributed by atoms with E-state index >= 15 is 0 Å². The third-order valence-corrected chi connectivity index (χ3v) is 8.70. The number of halogens is 5. The molecule has 1 saturated heterocycles. The number of ether oxygens (including phenoxy) is 2. The number of benzene rings is 2. The molecule has 0 amide bonds. The lowest BCUT2D eigenvalue weighted by molar-refractivity contribution is -0.153. The van der Waals surface area contributed by atoms with Gasteiger partial charge in [0, 0.05) is 49.4 Å². The van der Waals surface area contributed by atoms with E-state index in [0.29, 0.717) is 49.7 Å². The van der Waals surface area contributed by atoms with E-state index in [4.69, 9.17) is 21.1 Å². The molecule has 2 aromatic carbocycles. The highest BCUT2D eigenvalue weighted by atomic mass is 35.5. The molecular weight excluding hydrogens is 550 g/mol. The molecule has 2 aromatic rings. The van der Waals surface area contributed by atoms with E-state index in [1.165, 1.54) is 31.4 Å². The van der Waals surface area contributed by atoms with Crippen molar-refractivity contribution in [2.24, 2.45) is 0 Å². The molecule has 13 heteroatoms. The van der Waals surface area contributed by atoms with Crippen LogP contribution in [0.15, 0.2) is 41.3 Å². The number of hydrogen-bond acceptors (Lipinski definition) is 6. The van der Waals surface area contributed by atoms with Crippen molar-refractivity contribution in [2.75, 3.05) is 44.8 Å². The van der Waals surface area contributed by atoms with Crippen molar-refractivity contribution < 1.29 is 35.5 Å². The summed E-state index contributed by atoms with van der Waals surface area (Å²) < 4.78 is 90.4. The summed E-state index contributed by atoms with van der Waals surface area (Å²) in [6, 6.07) is 8.15. The molecule has 2 fully saturated rings. The zero-order valence-electron chi connectivity index (χ0n) is 20.8. The summed E-state index contributed by atoms with van der Waals surface area (Å²) in [5, 5.41) is 0.300. The van der Waals surface area contributed by atoms with Gasteiger partial charge in [0.15, 0.2) is 6.61 Å². The lowest BCUT2D eigenvalue weighted by atomic mass is 9.90. The maximum atomic E-state index is 13.7. The highest BCUT2D eigenvalue weighted by Crippen LogP contribution is 2.33. The average Bonchev–Trinajstić information content (AvgIpc) is 2.87. The molecule has 0 atom stereocenters. The fourth-order valence-corrected chi connectivity index (χ4v) is 6.79. The van der Waals surface area contributed by atoms with Crippen molar-refractivity contribution in [1.29, 1.82) is 0 Å². The van der Waals surface area contributed by atoms with Gasteiger partial charge in [-0.2, -0.15) is 13.2 Å². The minimum Gasteiger partial charge on any atom is -0.495 e. The van der Waals surface area contributed by atoms with Crippen LogP contribution in [0.25, 0.3) is 0 Å². The topological polar surface area (TPSA) is 71.1 Å². The number of hydrogen-bond donors (Lipinski definition) is 1. The van der Waals surface area contributed by atoms with Crippen LogP contribution in [0.5, 0.6) is 11.5 Å². The summed E-state index contributed by atoms with van der Waals surface area (Å²) >= 11 is 6.00. The molecule has 2 aliphatic rings. The molecule has 210 valence electrons. The van der Waals surface area contributed by atoms with Crippen LogP contribution in [0.3, 0.4) is 0 Å². The van der Waals surface area contributed by atoms with E-state index in [9.17, 15) is 26.0 Å². The molecule has 0 spiro atoms. The fraction of sp³-hybridized carbons (Fsp3) is 0.520. The zero-order chi connectivity index (χ0) is 27.5. The Morgan fingerprint density at radius 1 is 1.00 bits per heavy atom. The third kappa shape index (κ3) is 7.22. The molecule has 0 radical (unpaired) electrons. The summed E-state index contributed by atoms with van der Waals surface area (Å²) in [4.78, 5) is 4.23. The first-order valence-corrected chi connectivity index (χ1v) is 14.2. The molecular formula is C25H30ClF4N3O4S. The second-order valence-corrected chi connectivity index (χ2v) is 11.6. The average molecular weight is 580 g/mol. The van der Waals surface area contributed by atoms with E-state index in [1.807, 2.05) is 4.90 Å². The van der Waals surface area contributed by atoms with Crippen LogP contribution >= 0.6 is 11.6 Å². The van der Waals surface area contributed by atoms with Crippen LogP contribution in [0, 0.1) is 5.82 Å². The standard InChI is InChI=1S/C25H30ClF4N3O4S/c1-36-22-9-2-17(26)14-24(22)38(34,35)31-19-4-6-20(7-5-19)32-10-12-33(13-11-32)21-8-3-18(27)15-23(21)37-16-25(28,29)30/h2-3,8-9,14-15,19-20,31H,4-7,10-13,16H2,1H3. The van der Waals surface area contributed by atoms with Crippen LogP contribution in [0.4, 0.5) is 23.2 Å². The highest BCUT2D eigenvalue weighted by Gasteiger charge is 2.33. The summed E-state index contributed by atoms with van der Waals surface area (Å²) in [7, 11) is -2.41. The van der Waals surface area contributed by atoms with Gasteiger partial charge in [0.25, 0.3) is 0 Å². The van der Waals surface area contributed by atoms with Gasteiger partial charge in [-0.3, -0.25) is 4.90 Å². The van der Waals surface area contributed by atoms with Gasteiger partial charge in [-0.1, -0.05) is 11.6 Å². The second-order valence-electron chi connectivity index (χ2n) is 9.46. The molecule has 1 saturated carbocycles. The summed E-state index contributed by atoms with van der Waals surface area (Å²) in [6.45, 7) is 0.971. The Morgan fingerprint density at radius 2 is 1.68 bits per heavy atom. The first-order valence-electron chi connectivity index (χ1n) is 12.3. The Hall–Kier alpha value is -2.28. The van der Waals surface area contributed by atoms with Crippen molar-refractivity contribution in [3.05, 3.63) is 47.2 Å². The normalized spacial score (nSPS) is 21.4. The number of sulfonamides is 1. The van der Waals surface area contributed by atoms with Gasteiger partial charge in [-0.15, -0.1) is 0 Å². The van der Waals surface area contributed by atoms with Crippen molar-refractivity contribution in [2.45, 2.75) is 48.8 Å². The first kappa shape index (κ1) is 28.7. The number of anilines is 1. The SMILES string of the molecule is COc1ccc(Cl)cc1S(=O)(=O)NC1CCC(N2CCN(c3ccc(F)cc3OCC(F)(F)F)CC2)CC1. The Bertz CT molecular complexity index is 1220. The van der Waals surface area contributed by atoms with Gasteiger partial charge in [-0.05, 0) is 56.0 Å². The van der Waals surface area contributed by atoms with Crippen molar-refractivity contribution in [3.63, 3.8) is 0 Å². The molecule has 1 N–H and O–H groups in total. The minimum atomic E-state index is -4.52. The predicted molar refractivity (Wildman–Crippen MR) is 136 cm³/mol. The molecule has 0 bridgehead atoms. The molecule has 0 unspecified atom stereocenters. The van der Waals surface area contributed by atoms with Crippen LogP contribution in [0.2, 0.25) is 5.02 Å². The van der Waals surface area contributed by atoms with Gasteiger partial charge in [-0.25, -0.2) is 17.5 Å². The van der Waals surface area contributed by atoms with Gasteiger partial charge >= 0.3 is 6.18 Å². The van der Waals surface area contributed by atoms with Gasteiger partial charge < -0.3 is 14.4 Å². The van der Waals surface area contributed by atoms with Gasteiger partial charge in [0.05, 0.1) is 12.8 Å². The number of piperazine rings is 1. The zero-order valence-corrected chi connectivity index (χ0v) is 22.4. The van der Waals surface area contributed by atoms with E-state index < -0.39 is 28.6 Å². The predicted octanol–water partition coefficient (Wildman–Crippen LogP) is 4.84. The van der Waals surface area contributed by atoms with Crippen LogP contribution in [-0.2, 0) is 10.0 Å². The smallest absolute Gasteiger partial charge is 0.422 e. The van der Waals surface area contributed by atoms with Crippen molar-refractivity contribution in [3.8, 4) is 11.5 Å². The summed E-state index contributed by atoms with van der Waals surface area (Å²) in [5.74, 6) is -0.563. The van der Waals surface area contributed by atoms with E-state index in [0.717, 1.165) is 18.9 Å². The number of nitrogens with one attached hydrogen (secondary N) is 1. The van der Waals surface area contributed by atoms with Crippen LogP contribution < -0.4 is 19.1 Å². The first-order chi connectivity index (χ1) is 17.9. The van der Waals surface area contributed by atoms with E-state index in [-0.39, 0.29) is 28.5 Å². The monoisotopic (exact) mass is 579 g/mol. The van der Waals surface area contributed by atoms with Crippen LogP contribution in [-0.4, -0.2) is 71.5 Å². The molecule has 38 heavy (non-hydrogen) atoms. The van der Waals surface area contributed by atoms with Crippen molar-refractivity contribution in [1.82, 2.24) is 9.62 Å². The molecule has 1 aliphatic carbocycles. The fourth-order valence-electron chi connectivity index (χ4n) is 5.05. The molecule has 1 aliphatic heterocycles. The number of rotatable bonds is 8. The quantitative estimate of drug-likeness (QED) is 0.451. The van der Waals surface area contributed by atoms with E-state index in [1.54, 1.807) is 6.07 Å². The van der Waals surface area contributed by atoms with E-state index in [2.05, 4.69) is 9.62 Å². The summed E-state index contributed by atoms with van der Waals surface area (Å²) in [5.41, 5.74) is 0.435. The Kier molecular flexibility index (Phi) is 8.96. The molecule has 0 aromatic heterocycles. The number of nitrogens with zero attached hydrogens (tertiary/aromatic N) is 2. The lowest BCUT2D eigenvalue weighted by Crippen LogP contribution is -2.52. The second kappa shape index (κ2) is 11.8. The molecule has 4 rings (SSSR count).